The summed E-state index contributed by atoms with van der Waals surface area (Å²) >= 11 is 11.9. The van der Waals surface area contributed by atoms with E-state index in [1.807, 2.05) is 18.2 Å². The van der Waals surface area contributed by atoms with E-state index in [2.05, 4.69) is 21.4 Å². The number of para-hydroxylation sites is 1. The molecule has 0 spiro atoms. The fourth-order valence-corrected chi connectivity index (χ4v) is 3.59. The normalized spacial score (nSPS) is 10.9. The van der Waals surface area contributed by atoms with Crippen molar-refractivity contribution in [3.05, 3.63) is 58.8 Å². The van der Waals surface area contributed by atoms with Gasteiger partial charge in [0, 0.05) is 22.0 Å². The van der Waals surface area contributed by atoms with E-state index >= 15 is 0 Å². The number of benzene rings is 2. The summed E-state index contributed by atoms with van der Waals surface area (Å²) in [5, 5.41) is 5.71. The van der Waals surface area contributed by atoms with Gasteiger partial charge in [-0.3, -0.25) is 0 Å². The number of hydrogen-bond acceptors (Lipinski definition) is 4. The third-order valence-corrected chi connectivity index (χ3v) is 4.95. The molecule has 0 fully saturated rings. The second kappa shape index (κ2) is 11.1. The zero-order chi connectivity index (χ0) is 19.6. The highest BCUT2D eigenvalue weighted by atomic mass is 35.5. The minimum absolute atomic E-state index is 0.603. The van der Waals surface area contributed by atoms with Crippen LogP contribution in [0.15, 0.2) is 48.8 Å². The van der Waals surface area contributed by atoms with E-state index in [9.17, 15) is 0 Å². The van der Waals surface area contributed by atoms with Crippen molar-refractivity contribution in [2.45, 2.75) is 38.5 Å². The molecule has 4 nitrogen and oxygen atoms in total. The number of hydrogen-bond donors (Lipinski definition) is 1. The number of unbranched alkanes of at least 4 members (excludes halogenated alkanes) is 5. The van der Waals surface area contributed by atoms with Gasteiger partial charge in [0.05, 0.1) is 12.1 Å². The lowest BCUT2D eigenvalue weighted by Gasteiger charge is -2.08. The van der Waals surface area contributed by atoms with E-state index in [0.717, 1.165) is 48.3 Å². The molecule has 0 bridgehead atoms. The molecule has 3 rings (SSSR count). The van der Waals surface area contributed by atoms with Crippen molar-refractivity contribution in [1.29, 1.82) is 0 Å². The maximum absolute atomic E-state index is 5.96. The molecular formula is C22H25Cl2N3O. The minimum Gasteiger partial charge on any atom is -0.493 e. The fraction of sp³-hybridized carbons (Fsp3) is 0.364. The number of nitrogens with one attached hydrogen (secondary N) is 1. The Morgan fingerprint density at radius 2 is 1.54 bits per heavy atom. The second-order valence-electron chi connectivity index (χ2n) is 6.74. The van der Waals surface area contributed by atoms with Gasteiger partial charge in [-0.2, -0.15) is 0 Å². The van der Waals surface area contributed by atoms with Crippen LogP contribution in [0.3, 0.4) is 0 Å². The van der Waals surface area contributed by atoms with Crippen molar-refractivity contribution in [2.24, 2.45) is 0 Å². The average Bonchev–Trinajstić information content (AvgIpc) is 2.69. The minimum atomic E-state index is 0.603. The molecule has 0 saturated heterocycles. The van der Waals surface area contributed by atoms with Crippen molar-refractivity contribution < 1.29 is 4.74 Å². The first-order valence-electron chi connectivity index (χ1n) is 9.75. The highest BCUT2D eigenvalue weighted by molar-refractivity contribution is 6.34. The van der Waals surface area contributed by atoms with E-state index in [0.29, 0.717) is 16.7 Å². The van der Waals surface area contributed by atoms with Crippen LogP contribution in [0.1, 0.15) is 38.5 Å². The van der Waals surface area contributed by atoms with E-state index in [4.69, 9.17) is 27.9 Å². The molecule has 2 aromatic carbocycles. The molecule has 1 aromatic heterocycles. The summed E-state index contributed by atoms with van der Waals surface area (Å²) in [6.07, 6.45) is 8.61. The van der Waals surface area contributed by atoms with Crippen LogP contribution in [0.4, 0.5) is 5.82 Å². The molecule has 0 aliphatic rings. The summed E-state index contributed by atoms with van der Waals surface area (Å²) in [5.74, 6) is 1.66. The lowest BCUT2D eigenvalue weighted by Crippen LogP contribution is -2.04. The topological polar surface area (TPSA) is 47.0 Å². The smallest absolute Gasteiger partial charge is 0.137 e. The standard InChI is InChI=1S/C22H25Cl2N3O/c23-17-13-18(24)15-19(14-17)28-12-8-4-2-1-3-7-11-25-22-20-9-5-6-10-21(20)26-16-27-22/h5-6,9-10,13-16H,1-4,7-8,11-12H2,(H,25,26,27). The van der Waals surface area contributed by atoms with Crippen LogP contribution in [-0.2, 0) is 0 Å². The van der Waals surface area contributed by atoms with Gasteiger partial charge in [-0.1, -0.05) is 61.0 Å². The van der Waals surface area contributed by atoms with Gasteiger partial charge in [0.15, 0.2) is 0 Å². The number of aromatic nitrogens is 2. The predicted molar refractivity (Wildman–Crippen MR) is 118 cm³/mol. The Hall–Kier alpha value is -2.04. The highest BCUT2D eigenvalue weighted by Crippen LogP contribution is 2.24. The molecule has 0 amide bonds. The quantitative estimate of drug-likeness (QED) is 0.349. The van der Waals surface area contributed by atoms with Gasteiger partial charge in [-0.25, -0.2) is 9.97 Å². The fourth-order valence-electron chi connectivity index (χ4n) is 3.09. The summed E-state index contributed by atoms with van der Waals surface area (Å²) in [5.41, 5.74) is 0.974. The SMILES string of the molecule is Clc1cc(Cl)cc(OCCCCCCCCNc2ncnc3ccccc23)c1. The molecule has 3 aromatic rings. The van der Waals surface area contributed by atoms with Crippen molar-refractivity contribution in [3.63, 3.8) is 0 Å². The molecule has 148 valence electrons. The van der Waals surface area contributed by atoms with Crippen LogP contribution in [0.2, 0.25) is 10.0 Å². The van der Waals surface area contributed by atoms with Crippen LogP contribution >= 0.6 is 23.2 Å². The van der Waals surface area contributed by atoms with Gasteiger partial charge in [0.2, 0.25) is 0 Å². The van der Waals surface area contributed by atoms with Crippen LogP contribution in [0.25, 0.3) is 10.9 Å². The van der Waals surface area contributed by atoms with Crippen LogP contribution in [0, 0.1) is 0 Å². The number of fused-ring (bicyclic) bond motifs is 1. The zero-order valence-corrected chi connectivity index (χ0v) is 17.3. The number of halogens is 2. The number of anilines is 1. The summed E-state index contributed by atoms with van der Waals surface area (Å²) < 4.78 is 5.71. The maximum atomic E-state index is 5.96. The van der Waals surface area contributed by atoms with Gasteiger partial charge in [-0.05, 0) is 43.2 Å². The molecular weight excluding hydrogens is 393 g/mol. The molecule has 28 heavy (non-hydrogen) atoms. The Labute approximate surface area is 176 Å². The van der Waals surface area contributed by atoms with Crippen molar-refractivity contribution in [2.75, 3.05) is 18.5 Å². The highest BCUT2D eigenvalue weighted by Gasteiger charge is 2.02. The summed E-state index contributed by atoms with van der Waals surface area (Å²) in [6, 6.07) is 13.4. The Kier molecular flexibility index (Phi) is 8.19. The van der Waals surface area contributed by atoms with Crippen LogP contribution < -0.4 is 10.1 Å². The molecule has 0 radical (unpaired) electrons. The van der Waals surface area contributed by atoms with Gasteiger partial charge in [0.1, 0.15) is 17.9 Å². The Morgan fingerprint density at radius 1 is 0.821 bits per heavy atom. The van der Waals surface area contributed by atoms with Gasteiger partial charge >= 0.3 is 0 Å². The van der Waals surface area contributed by atoms with Gasteiger partial charge in [-0.15, -0.1) is 0 Å². The monoisotopic (exact) mass is 417 g/mol. The van der Waals surface area contributed by atoms with E-state index in [1.54, 1.807) is 24.5 Å². The number of ether oxygens (including phenoxy) is 1. The van der Waals surface area contributed by atoms with Gasteiger partial charge < -0.3 is 10.1 Å². The molecule has 6 heteroatoms. The number of nitrogens with zero attached hydrogens (tertiary/aromatic N) is 2. The van der Waals surface area contributed by atoms with E-state index in [1.165, 1.54) is 19.3 Å². The van der Waals surface area contributed by atoms with Crippen molar-refractivity contribution in [1.82, 2.24) is 9.97 Å². The first kappa shape index (κ1) is 20.7. The van der Waals surface area contributed by atoms with E-state index in [-0.39, 0.29) is 0 Å². The van der Waals surface area contributed by atoms with Crippen LogP contribution in [0.5, 0.6) is 5.75 Å². The van der Waals surface area contributed by atoms with Gasteiger partial charge in [0.25, 0.3) is 0 Å². The predicted octanol–water partition coefficient (Wildman–Crippen LogP) is 6.77. The third-order valence-electron chi connectivity index (χ3n) is 4.51. The second-order valence-corrected chi connectivity index (χ2v) is 7.61. The first-order valence-corrected chi connectivity index (χ1v) is 10.5. The molecule has 1 heterocycles. The lowest BCUT2D eigenvalue weighted by atomic mass is 10.1. The summed E-state index contributed by atoms with van der Waals surface area (Å²) in [7, 11) is 0. The first-order chi connectivity index (χ1) is 13.7. The zero-order valence-electron chi connectivity index (χ0n) is 15.8. The molecule has 0 unspecified atom stereocenters. The molecule has 0 aliphatic heterocycles. The largest absolute Gasteiger partial charge is 0.493 e. The maximum Gasteiger partial charge on any atom is 0.137 e. The number of rotatable bonds is 11. The average molecular weight is 418 g/mol. The molecule has 1 N–H and O–H groups in total. The third kappa shape index (κ3) is 6.54. The lowest BCUT2D eigenvalue weighted by molar-refractivity contribution is 0.304. The Morgan fingerprint density at radius 3 is 2.36 bits per heavy atom. The summed E-state index contributed by atoms with van der Waals surface area (Å²) in [6.45, 7) is 1.62. The Bertz CT molecular complexity index is 863. The molecule has 0 saturated carbocycles. The van der Waals surface area contributed by atoms with Crippen molar-refractivity contribution in [3.8, 4) is 5.75 Å². The Balaban J connectivity index is 1.23. The molecule has 0 aliphatic carbocycles. The molecule has 0 atom stereocenters. The van der Waals surface area contributed by atoms with Crippen molar-refractivity contribution >= 4 is 39.9 Å². The van der Waals surface area contributed by atoms with Crippen LogP contribution in [-0.4, -0.2) is 23.1 Å². The van der Waals surface area contributed by atoms with E-state index < -0.39 is 0 Å². The summed E-state index contributed by atoms with van der Waals surface area (Å²) in [4.78, 5) is 8.65.